The third-order valence-electron chi connectivity index (χ3n) is 1.39. The maximum Gasteiger partial charge on any atom is 0.277 e. The largest absolute Gasteiger partial charge is 0.343 e. The first-order valence-electron chi connectivity index (χ1n) is 4.21. The Labute approximate surface area is 68.0 Å². The molecular weight excluding hydrogens is 144 g/mol. The van der Waals surface area contributed by atoms with Gasteiger partial charge in [-0.1, -0.05) is 20.3 Å². The zero-order chi connectivity index (χ0) is 8.74. The van der Waals surface area contributed by atoms with Gasteiger partial charge in [-0.05, 0) is 12.8 Å². The van der Waals surface area contributed by atoms with Crippen molar-refractivity contribution in [2.24, 2.45) is 0 Å². The number of hydrogen-bond donors (Lipinski definition) is 2. The normalized spacial score (nSPS) is 12.0. The first-order chi connectivity index (χ1) is 5.12. The van der Waals surface area contributed by atoms with E-state index < -0.39 is 5.97 Å². The van der Waals surface area contributed by atoms with E-state index in [1.54, 1.807) is 0 Å². The molecule has 0 rings (SSSR count). The molecule has 0 aromatic rings. The number of unbranched alkanes of at least 4 members (excludes halogenated alkanes) is 1. The van der Waals surface area contributed by atoms with Crippen LogP contribution < -0.4 is 0 Å². The number of aliphatic hydroxyl groups is 2. The summed E-state index contributed by atoms with van der Waals surface area (Å²) in [5.41, 5.74) is 0. The van der Waals surface area contributed by atoms with Crippen LogP contribution in [0.4, 0.5) is 0 Å². The fraction of sp³-hybridized carbons (Fsp3) is 1.00. The third kappa shape index (κ3) is 6.28. The molecular formula is C8H18O3. The molecule has 11 heavy (non-hydrogen) atoms. The van der Waals surface area contributed by atoms with Crippen molar-refractivity contribution in [3.05, 3.63) is 0 Å². The molecule has 0 saturated heterocycles. The summed E-state index contributed by atoms with van der Waals surface area (Å²) in [6.07, 6.45) is 2.81. The Hall–Kier alpha value is -0.120. The second kappa shape index (κ2) is 5.52. The number of ether oxygens (including phenoxy) is 1. The van der Waals surface area contributed by atoms with Crippen molar-refractivity contribution in [1.29, 1.82) is 0 Å². The highest BCUT2D eigenvalue weighted by Gasteiger charge is 2.21. The summed E-state index contributed by atoms with van der Waals surface area (Å²) in [4.78, 5) is 0. The molecule has 0 amide bonds. The van der Waals surface area contributed by atoms with Gasteiger partial charge in [0.25, 0.3) is 5.97 Å². The highest BCUT2D eigenvalue weighted by Crippen LogP contribution is 2.12. The SMILES string of the molecule is CCCCC(O)(O)OCCC. The molecule has 0 bridgehead atoms. The van der Waals surface area contributed by atoms with Gasteiger partial charge < -0.3 is 14.9 Å². The maximum atomic E-state index is 9.11. The standard InChI is InChI=1S/C8H18O3/c1-3-5-6-8(9,10)11-7-4-2/h9-10H,3-7H2,1-2H3. The number of hydrogen-bond acceptors (Lipinski definition) is 3. The quantitative estimate of drug-likeness (QED) is 0.578. The molecule has 0 heterocycles. The van der Waals surface area contributed by atoms with E-state index in [9.17, 15) is 0 Å². The van der Waals surface area contributed by atoms with Gasteiger partial charge in [0.2, 0.25) is 0 Å². The minimum absolute atomic E-state index is 0.295. The topological polar surface area (TPSA) is 49.7 Å². The molecule has 0 aliphatic rings. The van der Waals surface area contributed by atoms with Crippen LogP contribution in [0.15, 0.2) is 0 Å². The van der Waals surface area contributed by atoms with Gasteiger partial charge in [-0.3, -0.25) is 0 Å². The van der Waals surface area contributed by atoms with Crippen molar-refractivity contribution in [3.63, 3.8) is 0 Å². The summed E-state index contributed by atoms with van der Waals surface area (Å²) in [5, 5.41) is 18.2. The van der Waals surface area contributed by atoms with Crippen molar-refractivity contribution < 1.29 is 14.9 Å². The van der Waals surface area contributed by atoms with E-state index in [0.29, 0.717) is 13.0 Å². The molecule has 0 saturated carbocycles. The molecule has 0 aliphatic heterocycles. The van der Waals surface area contributed by atoms with E-state index in [-0.39, 0.29) is 0 Å². The lowest BCUT2D eigenvalue weighted by molar-refractivity contribution is -0.340. The molecule has 2 N–H and O–H groups in total. The molecule has 0 radical (unpaired) electrons. The molecule has 68 valence electrons. The van der Waals surface area contributed by atoms with Gasteiger partial charge in [0, 0.05) is 6.42 Å². The lowest BCUT2D eigenvalue weighted by Crippen LogP contribution is -2.31. The van der Waals surface area contributed by atoms with E-state index in [4.69, 9.17) is 14.9 Å². The van der Waals surface area contributed by atoms with Crippen LogP contribution in [0.1, 0.15) is 39.5 Å². The van der Waals surface area contributed by atoms with E-state index >= 15 is 0 Å². The van der Waals surface area contributed by atoms with Crippen LogP contribution >= 0.6 is 0 Å². The summed E-state index contributed by atoms with van der Waals surface area (Å²) in [6, 6.07) is 0. The smallest absolute Gasteiger partial charge is 0.277 e. The van der Waals surface area contributed by atoms with Crippen LogP contribution in [-0.2, 0) is 4.74 Å². The van der Waals surface area contributed by atoms with E-state index in [1.165, 1.54) is 0 Å². The summed E-state index contributed by atoms with van der Waals surface area (Å²) in [7, 11) is 0. The fourth-order valence-electron chi connectivity index (χ4n) is 0.745. The lowest BCUT2D eigenvalue weighted by atomic mass is 10.2. The van der Waals surface area contributed by atoms with Gasteiger partial charge in [-0.25, -0.2) is 0 Å². The molecule has 0 fully saturated rings. The van der Waals surface area contributed by atoms with Crippen molar-refractivity contribution >= 4 is 0 Å². The molecule has 0 aromatic heterocycles. The first kappa shape index (κ1) is 10.9. The molecule has 3 nitrogen and oxygen atoms in total. The highest BCUT2D eigenvalue weighted by atomic mass is 16.8. The average molecular weight is 162 g/mol. The summed E-state index contributed by atoms with van der Waals surface area (Å²) in [5.74, 6) is -1.90. The van der Waals surface area contributed by atoms with Crippen LogP contribution in [0.3, 0.4) is 0 Å². The van der Waals surface area contributed by atoms with Gasteiger partial charge in [0.05, 0.1) is 6.61 Å². The Morgan fingerprint density at radius 2 is 1.82 bits per heavy atom. The van der Waals surface area contributed by atoms with Crippen LogP contribution in [0, 0.1) is 0 Å². The maximum absolute atomic E-state index is 9.11. The number of rotatable bonds is 6. The highest BCUT2D eigenvalue weighted by molar-refractivity contribution is 4.50. The van der Waals surface area contributed by atoms with Crippen molar-refractivity contribution in [2.45, 2.75) is 45.5 Å². The summed E-state index contributed by atoms with van der Waals surface area (Å²) in [6.45, 7) is 4.32. The summed E-state index contributed by atoms with van der Waals surface area (Å²) >= 11 is 0. The summed E-state index contributed by atoms with van der Waals surface area (Å²) < 4.78 is 4.79. The fourth-order valence-corrected chi connectivity index (χ4v) is 0.745. The Morgan fingerprint density at radius 3 is 2.27 bits per heavy atom. The second-order valence-electron chi connectivity index (χ2n) is 2.70. The van der Waals surface area contributed by atoms with Crippen molar-refractivity contribution in [2.75, 3.05) is 6.61 Å². The minimum atomic E-state index is -1.90. The van der Waals surface area contributed by atoms with Gasteiger partial charge in [-0.15, -0.1) is 0 Å². The van der Waals surface area contributed by atoms with Crippen LogP contribution in [-0.4, -0.2) is 22.8 Å². The molecule has 3 heteroatoms. The third-order valence-corrected chi connectivity index (χ3v) is 1.39. The van der Waals surface area contributed by atoms with Gasteiger partial charge in [0.1, 0.15) is 0 Å². The van der Waals surface area contributed by atoms with Crippen molar-refractivity contribution in [3.8, 4) is 0 Å². The Balaban J connectivity index is 3.43. The Bertz CT molecular complexity index is 81.3. The van der Waals surface area contributed by atoms with E-state index in [2.05, 4.69) is 0 Å². The van der Waals surface area contributed by atoms with Gasteiger partial charge in [-0.2, -0.15) is 0 Å². The monoisotopic (exact) mass is 162 g/mol. The lowest BCUT2D eigenvalue weighted by Gasteiger charge is -2.20. The minimum Gasteiger partial charge on any atom is -0.343 e. The second-order valence-corrected chi connectivity index (χ2v) is 2.70. The molecule has 0 aromatic carbocycles. The molecule has 0 spiro atoms. The van der Waals surface area contributed by atoms with Crippen molar-refractivity contribution in [1.82, 2.24) is 0 Å². The van der Waals surface area contributed by atoms with E-state index in [1.807, 2.05) is 13.8 Å². The average Bonchev–Trinajstić information content (AvgIpc) is 1.97. The van der Waals surface area contributed by atoms with Crippen LogP contribution in [0.5, 0.6) is 0 Å². The Kier molecular flexibility index (Phi) is 5.46. The van der Waals surface area contributed by atoms with E-state index in [0.717, 1.165) is 19.3 Å². The molecule has 0 aliphatic carbocycles. The van der Waals surface area contributed by atoms with Crippen LogP contribution in [0.2, 0.25) is 0 Å². The first-order valence-corrected chi connectivity index (χ1v) is 4.21. The predicted molar refractivity (Wildman–Crippen MR) is 42.9 cm³/mol. The zero-order valence-electron chi connectivity index (χ0n) is 7.34. The Morgan fingerprint density at radius 1 is 1.18 bits per heavy atom. The van der Waals surface area contributed by atoms with Gasteiger partial charge in [0.15, 0.2) is 0 Å². The molecule has 0 atom stereocenters. The predicted octanol–water partition coefficient (Wildman–Crippen LogP) is 1.24. The molecule has 0 unspecified atom stereocenters. The zero-order valence-corrected chi connectivity index (χ0v) is 7.34. The van der Waals surface area contributed by atoms with Crippen LogP contribution in [0.25, 0.3) is 0 Å². The van der Waals surface area contributed by atoms with Gasteiger partial charge >= 0.3 is 0 Å².